The Hall–Kier alpha value is -3.05. The molecule has 3 heterocycles. The van der Waals surface area contributed by atoms with Gasteiger partial charge in [0.2, 0.25) is 16.7 Å². The number of aryl methyl sites for hydroxylation is 4. The third kappa shape index (κ3) is 2.92. The van der Waals surface area contributed by atoms with E-state index in [1.54, 1.807) is 0 Å². The third-order valence-electron chi connectivity index (χ3n) is 10.8. The molecular formula is C38H41N2OS+. The Kier molecular flexibility index (Phi) is 5.13. The van der Waals surface area contributed by atoms with Gasteiger partial charge in [0, 0.05) is 52.8 Å². The number of rotatable bonds is 3. The van der Waals surface area contributed by atoms with Gasteiger partial charge >= 0.3 is 0 Å². The van der Waals surface area contributed by atoms with E-state index in [1.165, 1.54) is 81.6 Å². The first-order valence-corrected chi connectivity index (χ1v) is 16.2. The second-order valence-corrected chi connectivity index (χ2v) is 15.3. The summed E-state index contributed by atoms with van der Waals surface area (Å²) in [6, 6.07) is 19.4. The molecule has 0 amide bonds. The van der Waals surface area contributed by atoms with Crippen molar-refractivity contribution in [1.29, 1.82) is 0 Å². The number of benzene rings is 3. The van der Waals surface area contributed by atoms with Crippen LogP contribution in [-0.2, 0) is 15.7 Å². The summed E-state index contributed by atoms with van der Waals surface area (Å²) in [6.07, 6.45) is 0. The summed E-state index contributed by atoms with van der Waals surface area (Å²) in [4.78, 5) is 1.45. The van der Waals surface area contributed by atoms with E-state index >= 15 is 0 Å². The van der Waals surface area contributed by atoms with Crippen LogP contribution < -0.4 is 9.88 Å². The largest absolute Gasteiger partial charge is 0.356 e. The number of hydrogen-bond donors (Lipinski definition) is 1. The highest BCUT2D eigenvalue weighted by molar-refractivity contribution is 7.22. The van der Waals surface area contributed by atoms with Gasteiger partial charge in [-0.05, 0) is 86.4 Å². The summed E-state index contributed by atoms with van der Waals surface area (Å²) in [7, 11) is 1.90. The maximum atomic E-state index is 6.62. The molecule has 2 aliphatic carbocycles. The minimum absolute atomic E-state index is 0.0749. The molecule has 3 aromatic carbocycles. The zero-order chi connectivity index (χ0) is 29.7. The van der Waals surface area contributed by atoms with Gasteiger partial charge in [0.1, 0.15) is 5.92 Å². The normalized spacial score (nSPS) is 24.5. The fraction of sp³-hybridized carbons (Fsp3) is 0.395. The molecule has 1 N–H and O–H groups in total. The van der Waals surface area contributed by atoms with Crippen LogP contribution in [0.4, 0.5) is 0 Å². The quantitative estimate of drug-likeness (QED) is 0.172. The fourth-order valence-electron chi connectivity index (χ4n) is 9.26. The van der Waals surface area contributed by atoms with Crippen LogP contribution in [0.1, 0.15) is 79.5 Å². The van der Waals surface area contributed by atoms with Crippen molar-refractivity contribution in [2.24, 2.45) is 0 Å². The molecule has 3 aliphatic rings. The lowest BCUT2D eigenvalue weighted by molar-refractivity contribution is -0.712. The van der Waals surface area contributed by atoms with Crippen molar-refractivity contribution < 1.29 is 9.30 Å². The molecule has 214 valence electrons. The molecule has 5 aromatic rings. The summed E-state index contributed by atoms with van der Waals surface area (Å²) in [5.74, 6) is 0.186. The van der Waals surface area contributed by atoms with Gasteiger partial charge in [0.05, 0.1) is 10.9 Å². The zero-order valence-electron chi connectivity index (χ0n) is 26.5. The molecule has 3 unspecified atom stereocenters. The van der Waals surface area contributed by atoms with Crippen LogP contribution in [0.15, 0.2) is 48.5 Å². The van der Waals surface area contributed by atoms with Crippen molar-refractivity contribution >= 4 is 32.3 Å². The Morgan fingerprint density at radius 3 is 2.33 bits per heavy atom. The molecule has 4 heteroatoms. The van der Waals surface area contributed by atoms with Crippen molar-refractivity contribution in [3.05, 3.63) is 87.5 Å². The topological polar surface area (TPSA) is 25.1 Å². The molecule has 1 fully saturated rings. The van der Waals surface area contributed by atoms with Gasteiger partial charge in [-0.1, -0.05) is 49.7 Å². The lowest BCUT2D eigenvalue weighted by Crippen LogP contribution is -2.58. The lowest BCUT2D eigenvalue weighted by atomic mass is 9.79. The van der Waals surface area contributed by atoms with Crippen LogP contribution in [0.3, 0.4) is 0 Å². The van der Waals surface area contributed by atoms with E-state index in [0.29, 0.717) is 0 Å². The van der Waals surface area contributed by atoms with Gasteiger partial charge in [0.25, 0.3) is 0 Å². The number of thiophene rings is 1. The van der Waals surface area contributed by atoms with Crippen LogP contribution in [0.2, 0.25) is 0 Å². The van der Waals surface area contributed by atoms with Crippen LogP contribution in [-0.4, -0.2) is 18.9 Å². The van der Waals surface area contributed by atoms with Crippen LogP contribution >= 0.6 is 11.3 Å². The minimum Gasteiger partial charge on any atom is -0.356 e. The maximum absolute atomic E-state index is 6.62. The molecule has 3 atom stereocenters. The molecule has 1 saturated carbocycles. The maximum Gasteiger partial charge on any atom is 0.220 e. The van der Waals surface area contributed by atoms with Crippen LogP contribution in [0.25, 0.3) is 42.7 Å². The highest BCUT2D eigenvalue weighted by Gasteiger charge is 2.86. The SMILES string of the molecule is COC1(NC(C)C)C2c3ccc4c(c3-c3cc(C)c5c(C)cc(C)cc5[n+]3C21C)-c1sc2ccc(C)cc2c1C4(C)C. The Balaban J connectivity index is 1.56. The summed E-state index contributed by atoms with van der Waals surface area (Å²) in [5.41, 5.74) is 14.3. The summed E-state index contributed by atoms with van der Waals surface area (Å²) in [6.45, 7) is 20.7. The van der Waals surface area contributed by atoms with E-state index in [-0.39, 0.29) is 22.9 Å². The molecule has 42 heavy (non-hydrogen) atoms. The number of hydrogen-bond acceptors (Lipinski definition) is 3. The Morgan fingerprint density at radius 2 is 1.62 bits per heavy atom. The number of nitrogens with zero attached hydrogens (tertiary/aromatic N) is 1. The zero-order valence-corrected chi connectivity index (χ0v) is 27.4. The van der Waals surface area contributed by atoms with Crippen molar-refractivity contribution in [2.45, 2.75) is 91.0 Å². The average Bonchev–Trinajstić information content (AvgIpc) is 3.14. The second-order valence-electron chi connectivity index (χ2n) is 14.2. The second kappa shape index (κ2) is 8.11. The van der Waals surface area contributed by atoms with Gasteiger partial charge in [0.15, 0.2) is 5.72 Å². The monoisotopic (exact) mass is 573 g/mol. The Labute approximate surface area is 253 Å². The predicted octanol–water partition coefficient (Wildman–Crippen LogP) is 8.72. The summed E-state index contributed by atoms with van der Waals surface area (Å²) < 4.78 is 10.7. The minimum atomic E-state index is -0.506. The standard InChI is InChI=1S/C38H41N2OS/c1-19(2)39-38(41-10)35-24-12-13-26-32(34-33(36(26,7)8)25-16-20(3)11-14-29(25)42-34)31(24)28-18-23(6)30-22(5)15-21(4)17-27(30)40(28)37(35,38)9/h11-19,35,39H,1-10H3/q+1. The van der Waals surface area contributed by atoms with Crippen LogP contribution in [0, 0.1) is 27.7 Å². The average molecular weight is 574 g/mol. The summed E-state index contributed by atoms with van der Waals surface area (Å²) in [5, 5.41) is 6.72. The van der Waals surface area contributed by atoms with Gasteiger partial charge in [-0.25, -0.2) is 0 Å². The third-order valence-corrected chi connectivity index (χ3v) is 12.0. The molecule has 0 saturated heterocycles. The van der Waals surface area contributed by atoms with Crippen molar-refractivity contribution in [2.75, 3.05) is 7.11 Å². The van der Waals surface area contributed by atoms with Crippen molar-refractivity contribution in [3.63, 3.8) is 0 Å². The Morgan fingerprint density at radius 1 is 0.881 bits per heavy atom. The predicted molar refractivity (Wildman–Crippen MR) is 176 cm³/mol. The number of pyridine rings is 1. The number of ether oxygens (including phenoxy) is 1. The molecule has 8 rings (SSSR count). The lowest BCUT2D eigenvalue weighted by Gasteiger charge is -2.26. The van der Waals surface area contributed by atoms with Gasteiger partial charge in [-0.3, -0.25) is 5.32 Å². The molecule has 0 radical (unpaired) electrons. The van der Waals surface area contributed by atoms with Gasteiger partial charge < -0.3 is 4.74 Å². The van der Waals surface area contributed by atoms with E-state index in [4.69, 9.17) is 4.74 Å². The highest BCUT2D eigenvalue weighted by Crippen LogP contribution is 2.70. The molecule has 1 aliphatic heterocycles. The molecule has 3 nitrogen and oxygen atoms in total. The van der Waals surface area contributed by atoms with Crippen molar-refractivity contribution in [3.8, 4) is 21.7 Å². The first kappa shape index (κ1) is 26.6. The van der Waals surface area contributed by atoms with E-state index in [9.17, 15) is 0 Å². The number of methoxy groups -OCH3 is 1. The molecule has 0 spiro atoms. The molecular weight excluding hydrogens is 532 g/mol. The molecule has 0 bridgehead atoms. The first-order chi connectivity index (χ1) is 19.9. The number of aromatic nitrogens is 1. The van der Waals surface area contributed by atoms with Crippen LogP contribution in [0.5, 0.6) is 0 Å². The highest BCUT2D eigenvalue weighted by atomic mass is 32.1. The number of nitrogens with one attached hydrogen (secondary N) is 1. The summed E-state index contributed by atoms with van der Waals surface area (Å²) >= 11 is 1.97. The molecule has 2 aromatic heterocycles. The fourth-order valence-corrected chi connectivity index (χ4v) is 10.7. The van der Waals surface area contributed by atoms with E-state index in [1.807, 2.05) is 18.4 Å². The first-order valence-electron chi connectivity index (χ1n) is 15.4. The number of fused-ring (bicyclic) bond motifs is 14. The van der Waals surface area contributed by atoms with Gasteiger partial charge in [-0.15, -0.1) is 11.3 Å². The Bertz CT molecular complexity index is 2030. The van der Waals surface area contributed by atoms with E-state index in [2.05, 4.69) is 121 Å². The van der Waals surface area contributed by atoms with E-state index < -0.39 is 5.72 Å². The van der Waals surface area contributed by atoms with E-state index in [0.717, 1.165) is 0 Å². The van der Waals surface area contributed by atoms with Gasteiger partial charge in [-0.2, -0.15) is 4.57 Å². The van der Waals surface area contributed by atoms with Crippen molar-refractivity contribution in [1.82, 2.24) is 5.32 Å². The smallest absolute Gasteiger partial charge is 0.220 e.